The molecule has 5 aliphatic heterocycles. The summed E-state index contributed by atoms with van der Waals surface area (Å²) in [4.78, 5) is 14.0. The van der Waals surface area contributed by atoms with Crippen molar-refractivity contribution >= 4 is 0 Å². The molecule has 0 aromatic heterocycles. The Balaban J connectivity index is 1.33. The Morgan fingerprint density at radius 1 is 1.10 bits per heavy atom. The molecule has 6 fully saturated rings. The average Bonchev–Trinajstić information content (AvgIpc) is 2.96. The zero-order chi connectivity index (χ0) is 20.2. The number of nitrogens with zero attached hydrogens (tertiary/aromatic N) is 1. The van der Waals surface area contributed by atoms with Crippen LogP contribution in [0.3, 0.4) is 0 Å². The Morgan fingerprint density at radius 2 is 1.90 bits per heavy atom. The Labute approximate surface area is 172 Å². The number of aliphatic hydroxyl groups is 1. The van der Waals surface area contributed by atoms with Gasteiger partial charge in [-0.2, -0.15) is 0 Å². The van der Waals surface area contributed by atoms with Crippen LogP contribution >= 0.6 is 0 Å². The normalized spacial score (nSPS) is 51.3. The van der Waals surface area contributed by atoms with Gasteiger partial charge in [0, 0.05) is 31.3 Å². The molecule has 1 aliphatic carbocycles. The fourth-order valence-electron chi connectivity index (χ4n) is 6.22. The van der Waals surface area contributed by atoms with Crippen molar-refractivity contribution in [2.24, 2.45) is 23.7 Å². The number of ether oxygens (including phenoxy) is 4. The minimum atomic E-state index is -0.782. The van der Waals surface area contributed by atoms with Crippen molar-refractivity contribution in [2.75, 3.05) is 32.9 Å². The first kappa shape index (κ1) is 20.6. The number of aliphatic hydroxyl groups excluding tert-OH is 1. The van der Waals surface area contributed by atoms with Gasteiger partial charge in [0.05, 0.1) is 19.8 Å². The molecule has 166 valence electrons. The van der Waals surface area contributed by atoms with Gasteiger partial charge in [0.1, 0.15) is 6.23 Å². The summed E-state index contributed by atoms with van der Waals surface area (Å²) in [6.45, 7) is 9.32. The summed E-state index contributed by atoms with van der Waals surface area (Å²) in [6.07, 6.45) is 2.41. The van der Waals surface area contributed by atoms with Crippen LogP contribution in [-0.4, -0.2) is 73.1 Å². The van der Waals surface area contributed by atoms with Crippen LogP contribution in [0.5, 0.6) is 0 Å². The number of hydrogen-bond donors (Lipinski definition) is 1. The number of rotatable bonds is 4. The second-order valence-electron chi connectivity index (χ2n) is 9.74. The third kappa shape index (κ3) is 3.36. The van der Waals surface area contributed by atoms with Crippen LogP contribution in [0.25, 0.3) is 0 Å². The van der Waals surface area contributed by atoms with Crippen molar-refractivity contribution in [3.05, 3.63) is 0 Å². The molecular formula is C21H35NO7. The van der Waals surface area contributed by atoms with Crippen molar-refractivity contribution in [3.8, 4) is 0 Å². The molecule has 0 aromatic rings. The topological polar surface area (TPSA) is 78.9 Å². The number of fused-ring (bicyclic) bond motifs is 2. The highest BCUT2D eigenvalue weighted by Gasteiger charge is 2.69. The summed E-state index contributed by atoms with van der Waals surface area (Å²) in [6, 6.07) is 0. The van der Waals surface area contributed by atoms with Gasteiger partial charge in [-0.25, -0.2) is 9.78 Å². The van der Waals surface area contributed by atoms with Gasteiger partial charge in [-0.3, -0.25) is 4.90 Å². The highest BCUT2D eigenvalue weighted by Crippen LogP contribution is 2.60. The summed E-state index contributed by atoms with van der Waals surface area (Å²) in [5, 5.41) is 10.5. The van der Waals surface area contributed by atoms with Gasteiger partial charge in [-0.05, 0) is 38.0 Å². The highest BCUT2D eigenvalue weighted by atomic mass is 17.3. The average molecular weight is 414 g/mol. The van der Waals surface area contributed by atoms with E-state index in [0.717, 1.165) is 25.7 Å². The monoisotopic (exact) mass is 413 g/mol. The van der Waals surface area contributed by atoms with Crippen LogP contribution in [0.2, 0.25) is 0 Å². The minimum absolute atomic E-state index is 0.118. The fourth-order valence-corrected chi connectivity index (χ4v) is 6.22. The van der Waals surface area contributed by atoms with Gasteiger partial charge in [-0.1, -0.05) is 13.8 Å². The second-order valence-corrected chi connectivity index (χ2v) is 9.74. The first-order valence-corrected chi connectivity index (χ1v) is 11.2. The summed E-state index contributed by atoms with van der Waals surface area (Å²) in [5.41, 5.74) is -0.574. The van der Waals surface area contributed by atoms with Gasteiger partial charge in [0.15, 0.2) is 18.2 Å². The first-order valence-electron chi connectivity index (χ1n) is 11.2. The molecule has 1 saturated carbocycles. The van der Waals surface area contributed by atoms with E-state index in [4.69, 9.17) is 28.7 Å². The van der Waals surface area contributed by atoms with E-state index in [9.17, 15) is 5.11 Å². The van der Waals surface area contributed by atoms with Crippen molar-refractivity contribution in [1.29, 1.82) is 0 Å². The van der Waals surface area contributed by atoms with Crippen molar-refractivity contribution in [3.63, 3.8) is 0 Å². The summed E-state index contributed by atoms with van der Waals surface area (Å²) < 4.78 is 24.2. The molecule has 2 bridgehead atoms. The van der Waals surface area contributed by atoms with Gasteiger partial charge in [-0.15, -0.1) is 0 Å². The summed E-state index contributed by atoms with van der Waals surface area (Å²) in [7, 11) is 0. The molecule has 0 aromatic carbocycles. The lowest BCUT2D eigenvalue weighted by molar-refractivity contribution is -0.577. The molecule has 5 heterocycles. The molecular weight excluding hydrogens is 378 g/mol. The lowest BCUT2D eigenvalue weighted by Gasteiger charge is -2.60. The number of hydrogen-bond acceptors (Lipinski definition) is 8. The molecule has 8 heteroatoms. The van der Waals surface area contributed by atoms with E-state index in [-0.39, 0.29) is 18.4 Å². The number of morpholine rings is 1. The van der Waals surface area contributed by atoms with Crippen LogP contribution in [0.1, 0.15) is 46.5 Å². The maximum absolute atomic E-state index is 10.5. The predicted octanol–water partition coefficient (Wildman–Crippen LogP) is 1.86. The van der Waals surface area contributed by atoms with Crippen LogP contribution in [0, 0.1) is 23.7 Å². The van der Waals surface area contributed by atoms with Gasteiger partial charge in [0.25, 0.3) is 0 Å². The molecule has 29 heavy (non-hydrogen) atoms. The summed E-state index contributed by atoms with van der Waals surface area (Å²) in [5.74, 6) is 0.454. The third-order valence-corrected chi connectivity index (χ3v) is 7.97. The van der Waals surface area contributed by atoms with Crippen LogP contribution in [0.4, 0.5) is 0 Å². The van der Waals surface area contributed by atoms with E-state index >= 15 is 0 Å². The maximum atomic E-state index is 10.5. The second kappa shape index (κ2) is 7.67. The van der Waals surface area contributed by atoms with Gasteiger partial charge in [0.2, 0.25) is 5.79 Å². The van der Waals surface area contributed by atoms with Gasteiger partial charge >= 0.3 is 0 Å². The van der Waals surface area contributed by atoms with Crippen molar-refractivity contribution in [1.82, 2.24) is 4.90 Å². The van der Waals surface area contributed by atoms with E-state index in [1.807, 2.05) is 11.8 Å². The largest absolute Gasteiger partial charge is 0.379 e. The lowest BCUT2D eigenvalue weighted by Crippen LogP contribution is -2.70. The predicted molar refractivity (Wildman–Crippen MR) is 101 cm³/mol. The molecule has 5 saturated heterocycles. The molecule has 1 unspecified atom stereocenters. The molecule has 6 aliphatic rings. The maximum Gasteiger partial charge on any atom is 0.201 e. The summed E-state index contributed by atoms with van der Waals surface area (Å²) >= 11 is 0. The van der Waals surface area contributed by atoms with Crippen LogP contribution in [0.15, 0.2) is 0 Å². The molecule has 0 radical (unpaired) electrons. The van der Waals surface area contributed by atoms with E-state index in [1.165, 1.54) is 0 Å². The van der Waals surface area contributed by atoms with Crippen LogP contribution in [-0.2, 0) is 28.7 Å². The van der Waals surface area contributed by atoms with Crippen LogP contribution < -0.4 is 0 Å². The zero-order valence-corrected chi connectivity index (χ0v) is 17.7. The van der Waals surface area contributed by atoms with E-state index in [0.29, 0.717) is 38.1 Å². The standard InChI is InChI=1S/C21H35NO7/c1-13-4-5-16-14(2)18(25-12-17(23)22-8-10-24-11-9-22)26-19-21(16)15(13)6-7-20(3,27-19)28-29-21/h13-19,23H,4-12H2,1-3H3/t13-,14-,15+,16+,17?,18+,19-,20-,21-/m1/s1. The molecule has 0 amide bonds. The first-order chi connectivity index (χ1) is 13.9. The lowest BCUT2D eigenvalue weighted by atomic mass is 9.58. The van der Waals surface area contributed by atoms with E-state index in [1.54, 1.807) is 0 Å². The molecule has 9 atom stereocenters. The van der Waals surface area contributed by atoms with Crippen molar-refractivity contribution < 1.29 is 33.8 Å². The highest BCUT2D eigenvalue weighted by molar-refractivity contribution is 5.09. The molecule has 1 spiro atoms. The Morgan fingerprint density at radius 3 is 2.69 bits per heavy atom. The SMILES string of the molecule is C[C@H]1[C@@H](OCC(O)N2CCOCC2)O[C@@H]2O[C@@]3(C)CC[C@H]4[C@H](C)CC[C@@H]1[C@@]24OO3. The third-order valence-electron chi connectivity index (χ3n) is 7.97. The van der Waals surface area contributed by atoms with E-state index in [2.05, 4.69) is 13.8 Å². The molecule has 6 rings (SSSR count). The van der Waals surface area contributed by atoms with E-state index < -0.39 is 30.2 Å². The Hall–Kier alpha value is -0.320. The quantitative estimate of drug-likeness (QED) is 0.700. The van der Waals surface area contributed by atoms with Gasteiger partial charge < -0.3 is 24.1 Å². The smallest absolute Gasteiger partial charge is 0.201 e. The zero-order valence-electron chi connectivity index (χ0n) is 17.7. The fraction of sp³-hybridized carbons (Fsp3) is 1.00. The molecule has 1 N–H and O–H groups in total. The minimum Gasteiger partial charge on any atom is -0.379 e. The Bertz CT molecular complexity index is 602. The Kier molecular flexibility index (Phi) is 5.44. The molecule has 8 nitrogen and oxygen atoms in total. The van der Waals surface area contributed by atoms with Crippen molar-refractivity contribution in [2.45, 2.75) is 76.7 Å².